The Bertz CT molecular complexity index is 264. The zero-order valence-electron chi connectivity index (χ0n) is 10.5. The van der Waals surface area contributed by atoms with Crippen LogP contribution < -0.4 is 5.32 Å². The number of amides is 2. The van der Waals surface area contributed by atoms with Crippen LogP contribution >= 0.6 is 0 Å². The van der Waals surface area contributed by atoms with Crippen LogP contribution in [0, 0.1) is 0 Å². The minimum atomic E-state index is -0.330. The minimum absolute atomic E-state index is 0.0223. The summed E-state index contributed by atoms with van der Waals surface area (Å²) in [7, 11) is 5.14. The van der Waals surface area contributed by atoms with E-state index >= 15 is 0 Å². The molecule has 0 aromatic rings. The molecule has 5 nitrogen and oxygen atoms in total. The number of nitrogens with one attached hydrogen (secondary N) is 1. The molecule has 0 radical (unpaired) electrons. The Kier molecular flexibility index (Phi) is 6.41. The van der Waals surface area contributed by atoms with Gasteiger partial charge in [0.1, 0.15) is 0 Å². The lowest BCUT2D eigenvalue weighted by Crippen LogP contribution is -2.46. The highest BCUT2D eigenvalue weighted by atomic mass is 16.2. The molecule has 1 unspecified atom stereocenters. The SMILES string of the molecule is C=CCNC(=O)C(C)N(C)CC(=O)N(C)C. The van der Waals surface area contributed by atoms with Gasteiger partial charge in [0.05, 0.1) is 12.6 Å². The van der Waals surface area contributed by atoms with Crippen molar-refractivity contribution in [1.29, 1.82) is 0 Å². The lowest BCUT2D eigenvalue weighted by atomic mass is 10.2. The van der Waals surface area contributed by atoms with Crippen LogP contribution in [0.15, 0.2) is 12.7 Å². The van der Waals surface area contributed by atoms with E-state index in [0.29, 0.717) is 6.54 Å². The molecule has 1 atom stereocenters. The van der Waals surface area contributed by atoms with Gasteiger partial charge in [-0.05, 0) is 14.0 Å². The molecule has 0 aromatic heterocycles. The summed E-state index contributed by atoms with van der Waals surface area (Å²) in [5.41, 5.74) is 0. The Labute approximate surface area is 97.1 Å². The third-order valence-corrected chi connectivity index (χ3v) is 2.34. The van der Waals surface area contributed by atoms with Crippen LogP contribution in [0.1, 0.15) is 6.92 Å². The Hall–Kier alpha value is -1.36. The summed E-state index contributed by atoms with van der Waals surface area (Å²) in [6.45, 7) is 5.96. The second kappa shape index (κ2) is 7.00. The summed E-state index contributed by atoms with van der Waals surface area (Å²) < 4.78 is 0. The number of carbonyl (C=O) groups is 2. The lowest BCUT2D eigenvalue weighted by molar-refractivity contribution is -0.132. The van der Waals surface area contributed by atoms with Gasteiger partial charge in [0.2, 0.25) is 11.8 Å². The molecular formula is C11H21N3O2. The average molecular weight is 227 g/mol. The molecule has 0 aliphatic carbocycles. The van der Waals surface area contributed by atoms with Crippen molar-refractivity contribution in [3.05, 3.63) is 12.7 Å². The van der Waals surface area contributed by atoms with Gasteiger partial charge >= 0.3 is 0 Å². The van der Waals surface area contributed by atoms with Crippen LogP contribution in [0.5, 0.6) is 0 Å². The lowest BCUT2D eigenvalue weighted by Gasteiger charge is -2.24. The van der Waals surface area contributed by atoms with Crippen molar-refractivity contribution in [3.63, 3.8) is 0 Å². The van der Waals surface area contributed by atoms with Crippen LogP contribution in [0.2, 0.25) is 0 Å². The van der Waals surface area contributed by atoms with E-state index in [1.165, 1.54) is 4.90 Å². The van der Waals surface area contributed by atoms with Crippen molar-refractivity contribution in [2.75, 3.05) is 34.2 Å². The van der Waals surface area contributed by atoms with Crippen LogP contribution in [0.4, 0.5) is 0 Å². The molecular weight excluding hydrogens is 206 g/mol. The number of nitrogens with zero attached hydrogens (tertiary/aromatic N) is 2. The van der Waals surface area contributed by atoms with Crippen molar-refractivity contribution >= 4 is 11.8 Å². The number of carbonyl (C=O) groups excluding carboxylic acids is 2. The first-order valence-electron chi connectivity index (χ1n) is 5.19. The van der Waals surface area contributed by atoms with Gasteiger partial charge in [0.25, 0.3) is 0 Å². The van der Waals surface area contributed by atoms with Gasteiger partial charge in [-0.25, -0.2) is 0 Å². The minimum Gasteiger partial charge on any atom is -0.351 e. The van der Waals surface area contributed by atoms with E-state index < -0.39 is 0 Å². The van der Waals surface area contributed by atoms with Crippen molar-refractivity contribution < 1.29 is 9.59 Å². The molecule has 0 bridgehead atoms. The molecule has 0 rings (SSSR count). The smallest absolute Gasteiger partial charge is 0.237 e. The van der Waals surface area contributed by atoms with Gasteiger partial charge in [0.15, 0.2) is 0 Å². The molecule has 0 aliphatic heterocycles. The van der Waals surface area contributed by atoms with Crippen LogP contribution in [-0.2, 0) is 9.59 Å². The third kappa shape index (κ3) is 4.93. The topological polar surface area (TPSA) is 52.7 Å². The molecule has 0 heterocycles. The standard InChI is InChI=1S/C11H21N3O2/c1-6-7-12-11(16)9(2)14(5)8-10(15)13(3)4/h6,9H,1,7-8H2,2-5H3,(H,12,16). The van der Waals surface area contributed by atoms with E-state index in [1.54, 1.807) is 39.0 Å². The fourth-order valence-corrected chi connectivity index (χ4v) is 1.01. The summed E-state index contributed by atoms with van der Waals surface area (Å²) >= 11 is 0. The fourth-order valence-electron chi connectivity index (χ4n) is 1.01. The van der Waals surface area contributed by atoms with Gasteiger partial charge in [-0.2, -0.15) is 0 Å². The number of hydrogen-bond donors (Lipinski definition) is 1. The molecule has 0 spiro atoms. The average Bonchev–Trinajstić information content (AvgIpc) is 2.24. The second-order valence-corrected chi connectivity index (χ2v) is 3.91. The summed E-state index contributed by atoms with van der Waals surface area (Å²) in [5, 5.41) is 2.69. The van der Waals surface area contributed by atoms with Crippen molar-refractivity contribution in [2.24, 2.45) is 0 Å². The Morgan fingerprint density at radius 2 is 1.94 bits per heavy atom. The van der Waals surface area contributed by atoms with Crippen LogP contribution in [-0.4, -0.2) is 61.9 Å². The zero-order valence-corrected chi connectivity index (χ0v) is 10.5. The maximum Gasteiger partial charge on any atom is 0.237 e. The Morgan fingerprint density at radius 1 is 1.38 bits per heavy atom. The second-order valence-electron chi connectivity index (χ2n) is 3.91. The molecule has 0 aliphatic rings. The quantitative estimate of drug-likeness (QED) is 0.634. The normalized spacial score (nSPS) is 12.1. The van der Waals surface area contributed by atoms with E-state index in [0.717, 1.165) is 0 Å². The van der Waals surface area contributed by atoms with Gasteiger partial charge in [0, 0.05) is 20.6 Å². The summed E-state index contributed by atoms with van der Waals surface area (Å²) in [6.07, 6.45) is 1.62. The predicted molar refractivity (Wildman–Crippen MR) is 64.0 cm³/mol. The van der Waals surface area contributed by atoms with Crippen molar-refractivity contribution in [1.82, 2.24) is 15.1 Å². The molecule has 16 heavy (non-hydrogen) atoms. The summed E-state index contributed by atoms with van der Waals surface area (Å²) in [6, 6.07) is -0.330. The summed E-state index contributed by atoms with van der Waals surface area (Å²) in [5.74, 6) is -0.125. The van der Waals surface area contributed by atoms with E-state index in [1.807, 2.05) is 0 Å². The Balaban J connectivity index is 4.16. The molecule has 0 saturated carbocycles. The first kappa shape index (κ1) is 14.6. The monoisotopic (exact) mass is 227 g/mol. The Morgan fingerprint density at radius 3 is 2.38 bits per heavy atom. The molecule has 1 N–H and O–H groups in total. The van der Waals surface area contributed by atoms with Crippen LogP contribution in [0.25, 0.3) is 0 Å². The van der Waals surface area contributed by atoms with Gasteiger partial charge in [-0.1, -0.05) is 6.08 Å². The van der Waals surface area contributed by atoms with Crippen molar-refractivity contribution in [2.45, 2.75) is 13.0 Å². The van der Waals surface area contributed by atoms with Gasteiger partial charge in [-0.3, -0.25) is 14.5 Å². The van der Waals surface area contributed by atoms with Crippen LogP contribution in [0.3, 0.4) is 0 Å². The number of hydrogen-bond acceptors (Lipinski definition) is 3. The zero-order chi connectivity index (χ0) is 12.7. The third-order valence-electron chi connectivity index (χ3n) is 2.34. The molecule has 0 aromatic carbocycles. The first-order valence-corrected chi connectivity index (χ1v) is 5.19. The van der Waals surface area contributed by atoms with E-state index in [-0.39, 0.29) is 24.4 Å². The van der Waals surface area contributed by atoms with Gasteiger partial charge in [-0.15, -0.1) is 6.58 Å². The molecule has 0 saturated heterocycles. The maximum absolute atomic E-state index is 11.6. The maximum atomic E-state index is 11.6. The molecule has 5 heteroatoms. The van der Waals surface area contributed by atoms with Gasteiger partial charge < -0.3 is 10.2 Å². The van der Waals surface area contributed by atoms with Crippen molar-refractivity contribution in [3.8, 4) is 0 Å². The largest absolute Gasteiger partial charge is 0.351 e. The molecule has 0 fully saturated rings. The van der Waals surface area contributed by atoms with E-state index in [2.05, 4.69) is 11.9 Å². The highest BCUT2D eigenvalue weighted by molar-refractivity contribution is 5.83. The highest BCUT2D eigenvalue weighted by Gasteiger charge is 2.19. The number of rotatable bonds is 6. The molecule has 2 amide bonds. The summed E-state index contributed by atoms with van der Waals surface area (Å²) in [4.78, 5) is 26.2. The number of likely N-dealkylation sites (N-methyl/N-ethyl adjacent to an activating group) is 2. The predicted octanol–water partition coefficient (Wildman–Crippen LogP) is -0.303. The highest BCUT2D eigenvalue weighted by Crippen LogP contribution is 1.96. The fraction of sp³-hybridized carbons (Fsp3) is 0.636. The van der Waals surface area contributed by atoms with E-state index in [9.17, 15) is 9.59 Å². The molecule has 92 valence electrons. The van der Waals surface area contributed by atoms with E-state index in [4.69, 9.17) is 0 Å². The first-order chi connectivity index (χ1) is 7.40.